The minimum atomic E-state index is -4.30. The molecule has 0 heterocycles. The van der Waals surface area contributed by atoms with Crippen molar-refractivity contribution in [1.29, 1.82) is 0 Å². The maximum atomic E-state index is 14.0. The third-order valence-electron chi connectivity index (χ3n) is 7.18. The molecule has 0 spiro atoms. The first-order valence-electron chi connectivity index (χ1n) is 13.3. The summed E-state index contributed by atoms with van der Waals surface area (Å²) in [5, 5.41) is 14.9. The van der Waals surface area contributed by atoms with E-state index in [1.807, 2.05) is 0 Å². The molecule has 0 aliphatic heterocycles. The second-order valence-corrected chi connectivity index (χ2v) is 12.7. The number of rotatable bonds is 11. The largest absolute Gasteiger partial charge is 0.352 e. The number of sulfonamides is 1. The van der Waals surface area contributed by atoms with Crippen LogP contribution in [0.25, 0.3) is 0 Å². The number of benzene rings is 3. The normalized spacial score (nSPS) is 14.3. The van der Waals surface area contributed by atoms with Crippen LogP contribution in [0.5, 0.6) is 0 Å². The van der Waals surface area contributed by atoms with Gasteiger partial charge < -0.3 is 10.2 Å². The fourth-order valence-electron chi connectivity index (χ4n) is 4.80. The highest BCUT2D eigenvalue weighted by molar-refractivity contribution is 7.92. The third-order valence-corrected chi connectivity index (χ3v) is 9.56. The van der Waals surface area contributed by atoms with Crippen molar-refractivity contribution in [2.75, 3.05) is 10.8 Å². The van der Waals surface area contributed by atoms with E-state index in [9.17, 15) is 28.1 Å². The highest BCUT2D eigenvalue weighted by Crippen LogP contribution is 2.28. The molecule has 3 aromatic carbocycles. The predicted octanol–water partition coefficient (Wildman–Crippen LogP) is 5.57. The quantitative estimate of drug-likeness (QED) is 0.217. The van der Waals surface area contributed by atoms with E-state index in [4.69, 9.17) is 23.2 Å². The number of carbonyl (C=O) groups excluding carboxylic acids is 2. The summed E-state index contributed by atoms with van der Waals surface area (Å²) in [4.78, 5) is 39.1. The smallest absolute Gasteiger partial charge is 0.269 e. The second kappa shape index (κ2) is 13.5. The maximum absolute atomic E-state index is 14.0. The fraction of sp³-hybridized carbons (Fsp3) is 0.310. The number of amides is 2. The van der Waals surface area contributed by atoms with Gasteiger partial charge in [-0.05, 0) is 61.7 Å². The van der Waals surface area contributed by atoms with Crippen molar-refractivity contribution < 1.29 is 22.9 Å². The van der Waals surface area contributed by atoms with Crippen LogP contribution in [0.1, 0.15) is 38.2 Å². The van der Waals surface area contributed by atoms with E-state index in [0.717, 1.165) is 42.1 Å². The van der Waals surface area contributed by atoms with E-state index in [2.05, 4.69) is 5.32 Å². The van der Waals surface area contributed by atoms with Gasteiger partial charge in [-0.3, -0.25) is 24.0 Å². The predicted molar refractivity (Wildman–Crippen MR) is 161 cm³/mol. The van der Waals surface area contributed by atoms with Crippen LogP contribution in [0, 0.1) is 10.1 Å². The lowest BCUT2D eigenvalue weighted by molar-refractivity contribution is -0.384. The van der Waals surface area contributed by atoms with Crippen LogP contribution in [0.4, 0.5) is 11.4 Å². The maximum Gasteiger partial charge on any atom is 0.269 e. The molecule has 0 saturated heterocycles. The Balaban J connectivity index is 1.71. The Morgan fingerprint density at radius 3 is 2.26 bits per heavy atom. The summed E-state index contributed by atoms with van der Waals surface area (Å²) >= 11 is 12.5. The Morgan fingerprint density at radius 2 is 1.67 bits per heavy atom. The number of halogens is 2. The first-order chi connectivity index (χ1) is 20.0. The summed E-state index contributed by atoms with van der Waals surface area (Å²) < 4.78 is 28.5. The molecule has 13 heteroatoms. The second-order valence-electron chi connectivity index (χ2n) is 10.0. The van der Waals surface area contributed by atoms with Gasteiger partial charge in [0.15, 0.2) is 0 Å². The van der Waals surface area contributed by atoms with Crippen molar-refractivity contribution in [1.82, 2.24) is 10.2 Å². The zero-order valence-electron chi connectivity index (χ0n) is 22.8. The van der Waals surface area contributed by atoms with Gasteiger partial charge in [-0.2, -0.15) is 0 Å². The molecule has 222 valence electrons. The number of nitro benzene ring substituents is 1. The Morgan fingerprint density at radius 1 is 1.02 bits per heavy atom. The van der Waals surface area contributed by atoms with E-state index < -0.39 is 33.4 Å². The van der Waals surface area contributed by atoms with Crippen LogP contribution in [-0.4, -0.2) is 48.7 Å². The molecule has 2 amide bonds. The molecular formula is C29H30Cl2N4O6S. The minimum Gasteiger partial charge on any atom is -0.352 e. The standard InChI is InChI=1S/C29H30Cl2N4O6S/c1-20(29(37)32-23-7-5-6-8-23)33(18-21-11-12-22(30)17-27(21)31)28(36)19-34(24-13-15-25(16-14-24)35(38)39)42(40,41)26-9-3-2-4-10-26/h2-4,9-17,20,23H,5-8,18-19H2,1H3,(H,32,37). The van der Waals surface area contributed by atoms with E-state index >= 15 is 0 Å². The minimum absolute atomic E-state index is 0.00564. The van der Waals surface area contributed by atoms with Gasteiger partial charge in [0.1, 0.15) is 12.6 Å². The Hall–Kier alpha value is -3.67. The number of carbonyl (C=O) groups is 2. The zero-order valence-corrected chi connectivity index (χ0v) is 25.1. The summed E-state index contributed by atoms with van der Waals surface area (Å²) in [5.74, 6) is -1.04. The average Bonchev–Trinajstić information content (AvgIpc) is 3.48. The molecule has 1 unspecified atom stereocenters. The molecule has 1 aliphatic rings. The van der Waals surface area contributed by atoms with E-state index in [1.54, 1.807) is 37.3 Å². The molecule has 0 aromatic heterocycles. The summed E-state index contributed by atoms with van der Waals surface area (Å²) in [6, 6.07) is 16.2. The van der Waals surface area contributed by atoms with Gasteiger partial charge in [0, 0.05) is 34.8 Å². The molecule has 1 fully saturated rings. The van der Waals surface area contributed by atoms with Crippen molar-refractivity contribution in [3.63, 3.8) is 0 Å². The van der Waals surface area contributed by atoms with Gasteiger partial charge in [-0.1, -0.05) is 60.3 Å². The van der Waals surface area contributed by atoms with Crippen molar-refractivity contribution in [2.24, 2.45) is 0 Å². The molecule has 1 saturated carbocycles. The average molecular weight is 634 g/mol. The zero-order chi connectivity index (χ0) is 30.4. The molecule has 1 atom stereocenters. The lowest BCUT2D eigenvalue weighted by atomic mass is 10.1. The summed E-state index contributed by atoms with van der Waals surface area (Å²) in [6.45, 7) is 0.808. The SMILES string of the molecule is CC(C(=O)NC1CCCC1)N(Cc1ccc(Cl)cc1Cl)C(=O)CN(c1ccc([N+](=O)[O-])cc1)S(=O)(=O)c1ccccc1. The molecule has 3 aromatic rings. The summed E-state index contributed by atoms with van der Waals surface area (Å²) in [6.07, 6.45) is 3.70. The van der Waals surface area contributed by atoms with Crippen LogP contribution in [0.15, 0.2) is 77.7 Å². The van der Waals surface area contributed by atoms with Gasteiger partial charge >= 0.3 is 0 Å². The Bertz CT molecular complexity index is 1550. The highest BCUT2D eigenvalue weighted by Gasteiger charge is 2.33. The number of non-ortho nitro benzene ring substituents is 1. The number of anilines is 1. The van der Waals surface area contributed by atoms with Gasteiger partial charge in [0.05, 0.1) is 15.5 Å². The molecule has 1 aliphatic carbocycles. The van der Waals surface area contributed by atoms with Gasteiger partial charge in [-0.25, -0.2) is 8.42 Å². The van der Waals surface area contributed by atoms with Gasteiger partial charge in [-0.15, -0.1) is 0 Å². The number of hydrogen-bond acceptors (Lipinski definition) is 6. The molecule has 0 radical (unpaired) electrons. The number of nitrogens with one attached hydrogen (secondary N) is 1. The van der Waals surface area contributed by atoms with E-state index in [-0.39, 0.29) is 39.8 Å². The molecular weight excluding hydrogens is 603 g/mol. The summed E-state index contributed by atoms with van der Waals surface area (Å²) in [5.41, 5.74) is 0.325. The van der Waals surface area contributed by atoms with E-state index in [0.29, 0.717) is 10.6 Å². The third kappa shape index (κ3) is 7.39. The fourth-order valence-corrected chi connectivity index (χ4v) is 6.70. The highest BCUT2D eigenvalue weighted by atomic mass is 35.5. The van der Waals surface area contributed by atoms with Crippen molar-refractivity contribution in [2.45, 2.75) is 56.1 Å². The Kier molecular flexibility index (Phi) is 10.1. The number of nitro groups is 1. The number of nitrogens with zero attached hydrogens (tertiary/aromatic N) is 3. The number of hydrogen-bond donors (Lipinski definition) is 1. The molecule has 10 nitrogen and oxygen atoms in total. The first kappa shape index (κ1) is 31.3. The molecule has 0 bridgehead atoms. The van der Waals surface area contributed by atoms with Gasteiger partial charge in [0.2, 0.25) is 11.8 Å². The lowest BCUT2D eigenvalue weighted by Crippen LogP contribution is -2.52. The van der Waals surface area contributed by atoms with Crippen LogP contribution >= 0.6 is 23.2 Å². The molecule has 4 rings (SSSR count). The van der Waals surface area contributed by atoms with Crippen molar-refractivity contribution in [3.8, 4) is 0 Å². The molecule has 42 heavy (non-hydrogen) atoms. The van der Waals surface area contributed by atoms with Gasteiger partial charge in [0.25, 0.3) is 15.7 Å². The van der Waals surface area contributed by atoms with Crippen LogP contribution in [0.2, 0.25) is 10.0 Å². The Labute approximate surface area is 254 Å². The lowest BCUT2D eigenvalue weighted by Gasteiger charge is -2.32. The monoisotopic (exact) mass is 632 g/mol. The van der Waals surface area contributed by atoms with Crippen molar-refractivity contribution in [3.05, 3.63) is 98.5 Å². The molecule has 1 N–H and O–H groups in total. The first-order valence-corrected chi connectivity index (χ1v) is 15.5. The summed E-state index contributed by atoms with van der Waals surface area (Å²) in [7, 11) is -4.30. The topological polar surface area (TPSA) is 130 Å². The van der Waals surface area contributed by atoms with Crippen LogP contribution in [-0.2, 0) is 26.2 Å². The van der Waals surface area contributed by atoms with Crippen molar-refractivity contribution >= 4 is 56.4 Å². The van der Waals surface area contributed by atoms with Crippen LogP contribution < -0.4 is 9.62 Å². The van der Waals surface area contributed by atoms with E-state index in [1.165, 1.54) is 35.2 Å². The van der Waals surface area contributed by atoms with Crippen LogP contribution in [0.3, 0.4) is 0 Å².